The van der Waals surface area contributed by atoms with E-state index in [2.05, 4.69) is 5.32 Å². The number of carbonyl (C=O) groups excluding carboxylic acids is 4. The zero-order chi connectivity index (χ0) is 65.8. The van der Waals surface area contributed by atoms with Crippen molar-refractivity contribution in [3.05, 3.63) is 134 Å². The average Bonchev–Trinajstić information content (AvgIpc) is 1.69. The van der Waals surface area contributed by atoms with Gasteiger partial charge in [-0.25, -0.2) is 35.9 Å². The first-order valence-electron chi connectivity index (χ1n) is 30.3. The number of hydrogen-bond donors (Lipinski definition) is 1. The third kappa shape index (κ3) is 20.3. The van der Waals surface area contributed by atoms with Gasteiger partial charge in [-0.15, -0.1) is 0 Å². The van der Waals surface area contributed by atoms with E-state index in [4.69, 9.17) is 37.6 Å². The van der Waals surface area contributed by atoms with Crippen LogP contribution in [0.2, 0.25) is 0 Å². The summed E-state index contributed by atoms with van der Waals surface area (Å²) in [5.74, 6) is -6.07. The lowest BCUT2D eigenvalue weighted by Crippen LogP contribution is -2.47. The zero-order valence-electron chi connectivity index (χ0n) is 55.9. The van der Waals surface area contributed by atoms with E-state index in [0.717, 1.165) is 23.1 Å². The Morgan fingerprint density at radius 1 is 0.538 bits per heavy atom. The molecule has 4 aromatic rings. The van der Waals surface area contributed by atoms with Crippen molar-refractivity contribution >= 4 is 49.2 Å². The average molecular weight is 1280 g/mol. The Morgan fingerprint density at radius 3 is 1.24 bits per heavy atom. The summed E-state index contributed by atoms with van der Waals surface area (Å²) in [6, 6.07) is 15.9. The maximum atomic E-state index is 14.5. The highest BCUT2D eigenvalue weighted by atomic mass is 19.2. The fourth-order valence-corrected chi connectivity index (χ4v) is 10.3. The Kier molecular flexibility index (Phi) is 24.9. The highest BCUT2D eigenvalue weighted by molar-refractivity contribution is 6.62. The van der Waals surface area contributed by atoms with Gasteiger partial charge >= 0.3 is 26.4 Å². The van der Waals surface area contributed by atoms with Crippen LogP contribution < -0.4 is 25.7 Å². The lowest BCUT2D eigenvalue weighted by Gasteiger charge is -2.35. The summed E-state index contributed by atoms with van der Waals surface area (Å²) >= 11 is 0. The van der Waals surface area contributed by atoms with Gasteiger partial charge in [0.2, 0.25) is 11.8 Å². The number of alkyl carbamates (subject to hydrolysis) is 1. The summed E-state index contributed by atoms with van der Waals surface area (Å²) < 4.78 is 131. The molecule has 4 amide bonds. The maximum absolute atomic E-state index is 14.5. The van der Waals surface area contributed by atoms with E-state index >= 15 is 0 Å². The van der Waals surface area contributed by atoms with E-state index in [1.54, 1.807) is 51.3 Å². The number of likely N-dealkylation sites (N-methyl/N-ethyl adjacent to an activating group) is 1. The van der Waals surface area contributed by atoms with Crippen molar-refractivity contribution in [1.82, 2.24) is 20.0 Å². The molecule has 4 fully saturated rings. The Labute approximate surface area is 534 Å². The molecule has 4 saturated heterocycles. The molecule has 0 saturated carbocycles. The van der Waals surface area contributed by atoms with Gasteiger partial charge in [-0.3, -0.25) is 9.59 Å². The molecule has 24 heteroatoms. The minimum Gasteiger partial charge on any atom is -0.490 e. The smallest absolute Gasteiger partial charge is 0.490 e. The number of carbonyl (C=O) groups is 4. The minimum absolute atomic E-state index is 0. The van der Waals surface area contributed by atoms with Gasteiger partial charge in [0, 0.05) is 96.0 Å². The van der Waals surface area contributed by atoms with Crippen LogP contribution in [0.4, 0.5) is 35.9 Å². The molecular weight excluding hydrogens is 1190 g/mol. The molecule has 4 heterocycles. The summed E-state index contributed by atoms with van der Waals surface area (Å²) in [6.45, 7) is 27.9. The Morgan fingerprint density at radius 2 is 0.879 bits per heavy atom. The molecule has 4 aromatic carbocycles. The van der Waals surface area contributed by atoms with Crippen LogP contribution in [-0.2, 0) is 50.5 Å². The summed E-state index contributed by atoms with van der Waals surface area (Å²) in [6.07, 6.45) is -0.105. The number of benzene rings is 4. The minimum atomic E-state index is -1.31. The lowest BCUT2D eigenvalue weighted by molar-refractivity contribution is -0.134. The molecule has 4 aliphatic heterocycles. The number of nitrogens with one attached hydrogen (secondary N) is 1. The largest absolute Gasteiger partial charge is 0.494 e. The monoisotopic (exact) mass is 1280 g/mol. The van der Waals surface area contributed by atoms with Gasteiger partial charge < -0.3 is 72.4 Å². The molecule has 0 aromatic heterocycles. The number of hydrogen-bond acceptors (Lipinski definition) is 12. The fraction of sp³-hybridized carbons (Fsp3) is 0.552. The number of likely N-dealkylation sites (tertiary alicyclic amines) is 2. The Hall–Kier alpha value is -6.49. The van der Waals surface area contributed by atoms with Gasteiger partial charge in [0.1, 0.15) is 46.5 Å². The normalized spacial score (nSPS) is 18.6. The number of rotatable bonds is 16. The number of amides is 4. The van der Waals surface area contributed by atoms with Crippen LogP contribution in [0.5, 0.6) is 11.5 Å². The molecule has 0 bridgehead atoms. The van der Waals surface area contributed by atoms with Gasteiger partial charge in [-0.1, -0.05) is 24.3 Å². The van der Waals surface area contributed by atoms with Crippen LogP contribution in [0, 0.1) is 49.8 Å². The fourth-order valence-electron chi connectivity index (χ4n) is 10.3. The molecule has 502 valence electrons. The van der Waals surface area contributed by atoms with Crippen LogP contribution in [0.25, 0.3) is 0 Å². The van der Waals surface area contributed by atoms with Crippen LogP contribution in [0.15, 0.2) is 72.8 Å². The summed E-state index contributed by atoms with van der Waals surface area (Å²) in [7, 11) is 0.521. The van der Waals surface area contributed by atoms with Crippen LogP contribution in [0.3, 0.4) is 0 Å². The van der Waals surface area contributed by atoms with E-state index in [0.29, 0.717) is 75.5 Å². The Bertz CT molecular complexity index is 3100. The SMILES string of the molecule is CC(C)(C)OC(=O)N[C@@H](CC(=O)N1CCC(Oc2ccc(B3OC(C)(C)C(C)(C)O3)cc2)CC1)Cc1cc(F)c(F)cc1F.CN(C(=O)OC(C)(C)C)[C@@H](CC(=O)N1CCC(Oc2ccc(B3OC(C)(C)C(C)(C)O3)cc2)CC1)Cc1cc(F)c(F)cc1F.[CH3-].[CH3-]. The first kappa shape index (κ1) is 75.2. The van der Waals surface area contributed by atoms with Gasteiger partial charge in [0.05, 0.1) is 22.4 Å². The van der Waals surface area contributed by atoms with Crippen LogP contribution in [-0.4, -0.2) is 144 Å². The molecule has 2 atom stereocenters. The van der Waals surface area contributed by atoms with Crippen molar-refractivity contribution in [3.8, 4) is 11.5 Å². The van der Waals surface area contributed by atoms with Gasteiger partial charge in [0.15, 0.2) is 23.3 Å². The molecule has 0 aliphatic carbocycles. The molecular formula is C67H92B2F6N4O12-2. The van der Waals surface area contributed by atoms with E-state index in [1.165, 1.54) is 11.9 Å². The first-order chi connectivity index (χ1) is 41.3. The molecule has 16 nitrogen and oxygen atoms in total. The maximum Gasteiger partial charge on any atom is 0.494 e. The molecule has 1 N–H and O–H groups in total. The molecule has 8 rings (SSSR count). The molecule has 91 heavy (non-hydrogen) atoms. The van der Waals surface area contributed by atoms with Gasteiger partial charge in [-0.2, -0.15) is 0 Å². The number of piperidine rings is 2. The van der Waals surface area contributed by atoms with Gasteiger partial charge in [0.25, 0.3) is 0 Å². The summed E-state index contributed by atoms with van der Waals surface area (Å²) in [5.41, 5.74) is -1.84. The predicted octanol–water partition coefficient (Wildman–Crippen LogP) is 11.8. The highest BCUT2D eigenvalue weighted by Crippen LogP contribution is 2.38. The molecule has 0 spiro atoms. The number of halogens is 6. The number of ether oxygens (including phenoxy) is 4. The second kappa shape index (κ2) is 30.1. The van der Waals surface area contributed by atoms with Crippen molar-refractivity contribution in [2.45, 2.75) is 206 Å². The number of nitrogens with zero attached hydrogens (tertiary/aromatic N) is 3. The molecule has 0 radical (unpaired) electrons. The summed E-state index contributed by atoms with van der Waals surface area (Å²) in [4.78, 5) is 56.5. The van der Waals surface area contributed by atoms with Gasteiger partial charge in [-0.05, 0) is 168 Å². The standard InChI is InChI=1S/C33H44BF3N2O6.C32H42BF3N2O6.2CH3/c1-31(2,3)43-30(41)38(8)23(17-21-18-27(36)28(37)20-26(21)35)19-29(40)39-15-13-25(14-16-39)42-24-11-9-22(10-12-24)34-44-32(4,5)33(6,7)45-34;1-30(2,3)42-29(40)37-22(16-20-17-26(35)27(36)19-25(20)34)18-28(39)38-14-12-24(13-15-38)41-23-10-8-21(9-11-23)33-43-31(4,5)32(6,7)44-33;;/h9-12,18,20,23,25H,13-17,19H2,1-8H3;8-11,17,19,22,24H,12-16,18H2,1-7H3,(H,37,40);2*1H3/q;;2*-1/t23-;22-;;/m11../s1. The second-order valence-electron chi connectivity index (χ2n) is 27.3. The highest BCUT2D eigenvalue weighted by Gasteiger charge is 2.53. The van der Waals surface area contributed by atoms with E-state index in [1.807, 2.05) is 104 Å². The van der Waals surface area contributed by atoms with Crippen LogP contribution >= 0.6 is 0 Å². The van der Waals surface area contributed by atoms with Crippen molar-refractivity contribution in [3.63, 3.8) is 0 Å². The van der Waals surface area contributed by atoms with Crippen LogP contribution in [0.1, 0.15) is 147 Å². The lowest BCUT2D eigenvalue weighted by atomic mass is 9.79. The molecule has 0 unspecified atom stereocenters. The predicted molar refractivity (Wildman–Crippen MR) is 338 cm³/mol. The quantitative estimate of drug-likeness (QED) is 0.0489. The van der Waals surface area contributed by atoms with E-state index < -0.39 is 107 Å². The third-order valence-electron chi connectivity index (χ3n) is 16.9. The first-order valence-corrected chi connectivity index (χ1v) is 30.3. The van der Waals surface area contributed by atoms with Crippen molar-refractivity contribution < 1.29 is 83.1 Å². The van der Waals surface area contributed by atoms with E-state index in [-0.39, 0.29) is 75.7 Å². The molecule has 4 aliphatic rings. The van der Waals surface area contributed by atoms with Crippen molar-refractivity contribution in [2.24, 2.45) is 0 Å². The van der Waals surface area contributed by atoms with E-state index in [9.17, 15) is 45.5 Å². The Balaban J connectivity index is 0.000000324. The topological polar surface area (TPSA) is 164 Å². The van der Waals surface area contributed by atoms with Crippen molar-refractivity contribution in [2.75, 3.05) is 33.2 Å². The zero-order valence-corrected chi connectivity index (χ0v) is 55.9. The third-order valence-corrected chi connectivity index (χ3v) is 16.9. The summed E-state index contributed by atoms with van der Waals surface area (Å²) in [5, 5.41) is 2.59. The van der Waals surface area contributed by atoms with Crippen molar-refractivity contribution in [1.29, 1.82) is 0 Å². The second-order valence-corrected chi connectivity index (χ2v) is 27.3.